The van der Waals surface area contributed by atoms with E-state index in [-0.39, 0.29) is 17.4 Å². The standard InChI is InChI=1S/C11H8ClNO3/c1-5-6-2-8-9(16-4-15-8)3-7(6)10(12)11(14)13-5/h2-3H,4H2,1H3,(H,13,14). The molecule has 0 spiro atoms. The number of fused-ring (bicyclic) bond motifs is 2. The Kier molecular flexibility index (Phi) is 1.88. The van der Waals surface area contributed by atoms with Crippen LogP contribution in [0.1, 0.15) is 5.69 Å². The average Bonchev–Trinajstić information content (AvgIpc) is 2.71. The largest absolute Gasteiger partial charge is 0.454 e. The Bertz CT molecular complexity index is 648. The van der Waals surface area contributed by atoms with E-state index in [4.69, 9.17) is 21.1 Å². The first-order valence-electron chi connectivity index (χ1n) is 4.78. The van der Waals surface area contributed by atoms with Crippen molar-refractivity contribution < 1.29 is 9.47 Å². The van der Waals surface area contributed by atoms with Crippen LogP contribution in [-0.4, -0.2) is 11.8 Å². The van der Waals surface area contributed by atoms with Gasteiger partial charge in [-0.2, -0.15) is 0 Å². The summed E-state index contributed by atoms with van der Waals surface area (Å²) in [6.07, 6.45) is 0. The second-order valence-electron chi connectivity index (χ2n) is 3.64. The number of ether oxygens (including phenoxy) is 2. The molecule has 0 saturated carbocycles. The maximum absolute atomic E-state index is 11.5. The molecular weight excluding hydrogens is 230 g/mol. The molecule has 0 unspecified atom stereocenters. The monoisotopic (exact) mass is 237 g/mol. The molecule has 5 heteroatoms. The van der Waals surface area contributed by atoms with Crippen LogP contribution in [0, 0.1) is 6.92 Å². The van der Waals surface area contributed by atoms with E-state index in [2.05, 4.69) is 4.98 Å². The van der Waals surface area contributed by atoms with E-state index >= 15 is 0 Å². The summed E-state index contributed by atoms with van der Waals surface area (Å²) in [6, 6.07) is 3.57. The minimum atomic E-state index is -0.287. The van der Waals surface area contributed by atoms with Crippen molar-refractivity contribution in [3.63, 3.8) is 0 Å². The van der Waals surface area contributed by atoms with Gasteiger partial charge in [0.25, 0.3) is 5.56 Å². The lowest BCUT2D eigenvalue weighted by Gasteiger charge is -2.05. The van der Waals surface area contributed by atoms with E-state index in [1.807, 2.05) is 13.0 Å². The van der Waals surface area contributed by atoms with Crippen LogP contribution in [0.4, 0.5) is 0 Å². The molecule has 3 rings (SSSR count). The Balaban J connectivity index is 2.48. The summed E-state index contributed by atoms with van der Waals surface area (Å²) in [5.41, 5.74) is 0.480. The summed E-state index contributed by atoms with van der Waals surface area (Å²) < 4.78 is 10.5. The van der Waals surface area contributed by atoms with E-state index in [9.17, 15) is 4.79 Å². The molecule has 1 aromatic heterocycles. The van der Waals surface area contributed by atoms with E-state index in [1.54, 1.807) is 6.07 Å². The first-order valence-corrected chi connectivity index (χ1v) is 5.16. The molecule has 1 aliphatic rings. The van der Waals surface area contributed by atoms with E-state index < -0.39 is 0 Å². The van der Waals surface area contributed by atoms with Crippen LogP contribution in [0.15, 0.2) is 16.9 Å². The SMILES string of the molecule is Cc1[nH]c(=O)c(Cl)c2cc3c(cc12)OCO3. The Morgan fingerprint density at radius 1 is 1.25 bits per heavy atom. The highest BCUT2D eigenvalue weighted by molar-refractivity contribution is 6.35. The molecular formula is C11H8ClNO3. The van der Waals surface area contributed by atoms with Gasteiger partial charge in [0.05, 0.1) is 0 Å². The zero-order valence-electron chi connectivity index (χ0n) is 8.46. The molecule has 0 bridgehead atoms. The highest BCUT2D eigenvalue weighted by Crippen LogP contribution is 2.37. The van der Waals surface area contributed by atoms with Crippen molar-refractivity contribution in [2.75, 3.05) is 6.79 Å². The van der Waals surface area contributed by atoms with Crippen molar-refractivity contribution in [3.8, 4) is 11.5 Å². The summed E-state index contributed by atoms with van der Waals surface area (Å²) in [4.78, 5) is 14.2. The number of aryl methyl sites for hydroxylation is 1. The Hall–Kier alpha value is -1.68. The number of hydrogen-bond acceptors (Lipinski definition) is 3. The molecule has 0 aliphatic carbocycles. The number of hydrogen-bond donors (Lipinski definition) is 1. The van der Waals surface area contributed by atoms with Crippen LogP contribution in [-0.2, 0) is 0 Å². The highest BCUT2D eigenvalue weighted by Gasteiger charge is 2.17. The smallest absolute Gasteiger partial charge is 0.267 e. The lowest BCUT2D eigenvalue weighted by Crippen LogP contribution is -2.08. The van der Waals surface area contributed by atoms with Crippen LogP contribution in [0.25, 0.3) is 10.8 Å². The van der Waals surface area contributed by atoms with Crippen molar-refractivity contribution in [2.45, 2.75) is 6.92 Å². The predicted octanol–water partition coefficient (Wildman–Crippen LogP) is 2.22. The number of aromatic amines is 1. The molecule has 82 valence electrons. The van der Waals surface area contributed by atoms with Crippen LogP contribution in [0.2, 0.25) is 5.02 Å². The number of benzene rings is 1. The van der Waals surface area contributed by atoms with Crippen LogP contribution >= 0.6 is 11.6 Å². The van der Waals surface area contributed by atoms with Crippen molar-refractivity contribution in [3.05, 3.63) is 33.2 Å². The Morgan fingerprint density at radius 3 is 2.56 bits per heavy atom. The summed E-state index contributed by atoms with van der Waals surface area (Å²) >= 11 is 5.96. The molecule has 0 amide bonds. The second-order valence-corrected chi connectivity index (χ2v) is 4.02. The van der Waals surface area contributed by atoms with Gasteiger partial charge >= 0.3 is 0 Å². The van der Waals surface area contributed by atoms with E-state index in [1.165, 1.54) is 0 Å². The first-order chi connectivity index (χ1) is 7.66. The van der Waals surface area contributed by atoms with Gasteiger partial charge in [0.15, 0.2) is 11.5 Å². The fraction of sp³-hybridized carbons (Fsp3) is 0.182. The Morgan fingerprint density at radius 2 is 1.88 bits per heavy atom. The van der Waals surface area contributed by atoms with Crippen molar-refractivity contribution >= 4 is 22.4 Å². The van der Waals surface area contributed by atoms with Gasteiger partial charge in [-0.05, 0) is 19.1 Å². The van der Waals surface area contributed by atoms with Gasteiger partial charge in [-0.15, -0.1) is 0 Å². The van der Waals surface area contributed by atoms with E-state index in [0.717, 1.165) is 11.1 Å². The number of pyridine rings is 1. The lowest BCUT2D eigenvalue weighted by molar-refractivity contribution is 0.174. The third-order valence-electron chi connectivity index (χ3n) is 2.65. The van der Waals surface area contributed by atoms with Crippen LogP contribution in [0.5, 0.6) is 11.5 Å². The number of H-pyrrole nitrogens is 1. The molecule has 0 fully saturated rings. The van der Waals surface area contributed by atoms with Gasteiger partial charge in [0.2, 0.25) is 6.79 Å². The highest BCUT2D eigenvalue weighted by atomic mass is 35.5. The normalized spacial score (nSPS) is 13.4. The third-order valence-corrected chi connectivity index (χ3v) is 3.03. The molecule has 2 aromatic rings. The summed E-state index contributed by atoms with van der Waals surface area (Å²) in [5.74, 6) is 1.30. The molecule has 0 radical (unpaired) electrons. The first kappa shape index (κ1) is 9.54. The number of nitrogens with one attached hydrogen (secondary N) is 1. The summed E-state index contributed by atoms with van der Waals surface area (Å²) in [7, 11) is 0. The molecule has 1 aliphatic heterocycles. The van der Waals surface area contributed by atoms with Crippen molar-refractivity contribution in [1.82, 2.24) is 4.98 Å². The molecule has 1 N–H and O–H groups in total. The second kappa shape index (κ2) is 3.15. The van der Waals surface area contributed by atoms with Gasteiger partial charge in [0, 0.05) is 16.5 Å². The number of halogens is 1. The predicted molar refractivity (Wildman–Crippen MR) is 60.4 cm³/mol. The maximum atomic E-state index is 11.5. The quantitative estimate of drug-likeness (QED) is 0.764. The van der Waals surface area contributed by atoms with Crippen LogP contribution in [0.3, 0.4) is 0 Å². The number of aromatic nitrogens is 1. The minimum Gasteiger partial charge on any atom is -0.454 e. The van der Waals surface area contributed by atoms with Gasteiger partial charge in [-0.3, -0.25) is 4.79 Å². The molecule has 0 saturated heterocycles. The molecule has 4 nitrogen and oxygen atoms in total. The fourth-order valence-corrected chi connectivity index (χ4v) is 2.05. The third kappa shape index (κ3) is 1.20. The average molecular weight is 238 g/mol. The summed E-state index contributed by atoms with van der Waals surface area (Å²) in [5, 5.41) is 1.74. The Labute approximate surface area is 95.7 Å². The zero-order valence-corrected chi connectivity index (χ0v) is 9.22. The maximum Gasteiger partial charge on any atom is 0.267 e. The lowest BCUT2D eigenvalue weighted by atomic mass is 10.1. The molecule has 1 aromatic carbocycles. The van der Waals surface area contributed by atoms with Gasteiger partial charge in [-0.25, -0.2) is 0 Å². The van der Waals surface area contributed by atoms with Gasteiger partial charge in [0.1, 0.15) is 5.02 Å². The molecule has 2 heterocycles. The molecule has 0 atom stereocenters. The minimum absolute atomic E-state index is 0.180. The van der Waals surface area contributed by atoms with Crippen molar-refractivity contribution in [1.29, 1.82) is 0 Å². The fourth-order valence-electron chi connectivity index (χ4n) is 1.85. The van der Waals surface area contributed by atoms with Gasteiger partial charge in [-0.1, -0.05) is 11.6 Å². The topological polar surface area (TPSA) is 51.3 Å². The van der Waals surface area contributed by atoms with Crippen LogP contribution < -0.4 is 15.0 Å². The summed E-state index contributed by atoms with van der Waals surface area (Å²) in [6.45, 7) is 2.03. The number of rotatable bonds is 0. The van der Waals surface area contributed by atoms with Gasteiger partial charge < -0.3 is 14.5 Å². The zero-order chi connectivity index (χ0) is 11.3. The van der Waals surface area contributed by atoms with Crippen molar-refractivity contribution in [2.24, 2.45) is 0 Å². The van der Waals surface area contributed by atoms with E-state index in [0.29, 0.717) is 16.9 Å². The molecule has 16 heavy (non-hydrogen) atoms.